The summed E-state index contributed by atoms with van der Waals surface area (Å²) in [4.78, 5) is 24.6. The van der Waals surface area contributed by atoms with Crippen LogP contribution < -0.4 is 5.32 Å². The monoisotopic (exact) mass is 1010 g/mol. The number of allylic oxidation sites excluding steroid dienone is 3. The highest BCUT2D eigenvalue weighted by Crippen LogP contribution is 2.18. The summed E-state index contributed by atoms with van der Waals surface area (Å²) in [6, 6.07) is -0.632. The number of aliphatic hydroxyl groups excluding tert-OH is 2. The van der Waals surface area contributed by atoms with Crippen molar-refractivity contribution in [2.45, 2.75) is 373 Å². The Balaban J connectivity index is 3.44. The number of ether oxygens (including phenoxy) is 1. The molecule has 0 rings (SSSR count). The first-order valence-corrected chi connectivity index (χ1v) is 32.6. The van der Waals surface area contributed by atoms with Gasteiger partial charge in [0.25, 0.3) is 0 Å². The number of carbonyl (C=O) groups is 2. The molecule has 6 heteroatoms. The van der Waals surface area contributed by atoms with Crippen LogP contribution in [0.1, 0.15) is 361 Å². The predicted molar refractivity (Wildman–Crippen MR) is 315 cm³/mol. The molecule has 0 aromatic heterocycles. The Morgan fingerprint density at radius 2 is 0.653 bits per heavy atom. The third kappa shape index (κ3) is 57.6. The molecule has 0 aliphatic carbocycles. The van der Waals surface area contributed by atoms with Crippen molar-refractivity contribution >= 4 is 11.9 Å². The fraction of sp³-hybridized carbons (Fsp3) is 0.909. The van der Waals surface area contributed by atoms with Gasteiger partial charge in [-0.25, -0.2) is 0 Å². The molecule has 72 heavy (non-hydrogen) atoms. The standard InChI is InChI=1S/C66H127NO5/c1-3-5-7-9-11-13-15-17-18-19-20-21-22-23-24-25-28-31-35-38-42-46-50-54-58-64(69)63(62-68)67-65(70)59-55-51-47-43-39-36-32-29-26-27-30-33-37-41-45-49-53-57-61-72-66(71)60-56-52-48-44-40-34-16-14-12-10-8-6-4-2/h14,16,54,58,63-64,68-69H,3-13,15,17-53,55-57,59-62H2,1-2H3,(H,67,70)/b16-14-,58-54+. The number of rotatable bonds is 61. The fourth-order valence-corrected chi connectivity index (χ4v) is 10.2. The van der Waals surface area contributed by atoms with Crippen LogP contribution in [0.3, 0.4) is 0 Å². The molecule has 0 aliphatic heterocycles. The maximum Gasteiger partial charge on any atom is 0.305 e. The van der Waals surface area contributed by atoms with E-state index in [1.807, 2.05) is 6.08 Å². The van der Waals surface area contributed by atoms with Gasteiger partial charge in [-0.3, -0.25) is 9.59 Å². The Kier molecular flexibility index (Phi) is 60.5. The van der Waals surface area contributed by atoms with E-state index >= 15 is 0 Å². The highest BCUT2D eigenvalue weighted by atomic mass is 16.5. The van der Waals surface area contributed by atoms with Crippen molar-refractivity contribution in [1.82, 2.24) is 5.32 Å². The lowest BCUT2D eigenvalue weighted by Crippen LogP contribution is -2.45. The van der Waals surface area contributed by atoms with Crippen LogP contribution >= 0.6 is 0 Å². The average molecular weight is 1010 g/mol. The molecule has 1 amide bonds. The Morgan fingerprint density at radius 1 is 0.375 bits per heavy atom. The van der Waals surface area contributed by atoms with Crippen LogP contribution in [0.2, 0.25) is 0 Å². The minimum atomic E-state index is -0.849. The van der Waals surface area contributed by atoms with Crippen LogP contribution in [0.5, 0.6) is 0 Å². The molecule has 0 aromatic rings. The zero-order valence-corrected chi connectivity index (χ0v) is 48.7. The SMILES string of the molecule is CCCCCC/C=C\CCCCCCCC(=O)OCCCCCCCCCCCCCCCCCCCCC(=O)NC(CO)C(O)/C=C/CCCCCCCCCCCCCCCCCCCCCCCC. The number of hydrogen-bond acceptors (Lipinski definition) is 5. The highest BCUT2D eigenvalue weighted by molar-refractivity contribution is 5.76. The number of aliphatic hydroxyl groups is 2. The Hall–Kier alpha value is -1.66. The van der Waals surface area contributed by atoms with Crippen molar-refractivity contribution in [3.63, 3.8) is 0 Å². The largest absolute Gasteiger partial charge is 0.466 e. The molecule has 0 aliphatic rings. The van der Waals surface area contributed by atoms with E-state index in [0.717, 1.165) is 44.9 Å². The molecular weight excluding hydrogens is 887 g/mol. The number of hydrogen-bond donors (Lipinski definition) is 3. The molecule has 6 nitrogen and oxygen atoms in total. The Labute approximate surface area is 450 Å². The molecule has 0 fully saturated rings. The zero-order valence-electron chi connectivity index (χ0n) is 48.7. The second-order valence-electron chi connectivity index (χ2n) is 22.5. The first-order valence-electron chi connectivity index (χ1n) is 32.6. The van der Waals surface area contributed by atoms with Crippen molar-refractivity contribution in [2.75, 3.05) is 13.2 Å². The molecular formula is C66H127NO5. The van der Waals surface area contributed by atoms with Crippen LogP contribution in [0.4, 0.5) is 0 Å². The molecule has 2 unspecified atom stereocenters. The maximum absolute atomic E-state index is 12.5. The molecule has 3 N–H and O–H groups in total. The van der Waals surface area contributed by atoms with Gasteiger partial charge in [-0.1, -0.05) is 314 Å². The topological polar surface area (TPSA) is 95.9 Å². The first kappa shape index (κ1) is 70.3. The van der Waals surface area contributed by atoms with E-state index in [0.29, 0.717) is 19.4 Å². The molecule has 0 bridgehead atoms. The normalized spacial score (nSPS) is 12.7. The van der Waals surface area contributed by atoms with Gasteiger partial charge in [0.05, 0.1) is 25.4 Å². The number of unbranched alkanes of at least 4 members (excludes halogenated alkanes) is 48. The summed E-state index contributed by atoms with van der Waals surface area (Å²) in [6.45, 7) is 4.91. The lowest BCUT2D eigenvalue weighted by atomic mass is 10.0. The van der Waals surface area contributed by atoms with Gasteiger partial charge in [-0.05, 0) is 57.8 Å². The van der Waals surface area contributed by atoms with Crippen LogP contribution in [0.15, 0.2) is 24.3 Å². The minimum absolute atomic E-state index is 0.00203. The molecule has 2 atom stereocenters. The van der Waals surface area contributed by atoms with E-state index in [-0.39, 0.29) is 18.5 Å². The quantitative estimate of drug-likeness (QED) is 0.0320. The van der Waals surface area contributed by atoms with Gasteiger partial charge in [0, 0.05) is 12.8 Å². The van der Waals surface area contributed by atoms with Gasteiger partial charge in [-0.15, -0.1) is 0 Å². The van der Waals surface area contributed by atoms with E-state index in [1.165, 1.54) is 289 Å². The van der Waals surface area contributed by atoms with Crippen molar-refractivity contribution < 1.29 is 24.5 Å². The summed E-state index contributed by atoms with van der Waals surface area (Å²) in [5.74, 6) is -0.0703. The molecule has 0 heterocycles. The minimum Gasteiger partial charge on any atom is -0.466 e. The van der Waals surface area contributed by atoms with Crippen molar-refractivity contribution in [3.8, 4) is 0 Å². The smallest absolute Gasteiger partial charge is 0.305 e. The van der Waals surface area contributed by atoms with Gasteiger partial charge >= 0.3 is 5.97 Å². The van der Waals surface area contributed by atoms with E-state index in [9.17, 15) is 19.8 Å². The van der Waals surface area contributed by atoms with Gasteiger partial charge in [0.15, 0.2) is 0 Å². The summed E-state index contributed by atoms with van der Waals surface area (Å²) >= 11 is 0. The number of carbonyl (C=O) groups excluding carboxylic acids is 2. The van der Waals surface area contributed by atoms with Gasteiger partial charge in [0.2, 0.25) is 5.91 Å². The van der Waals surface area contributed by atoms with Crippen LogP contribution in [0, 0.1) is 0 Å². The van der Waals surface area contributed by atoms with Gasteiger partial charge < -0.3 is 20.3 Å². The van der Waals surface area contributed by atoms with Crippen LogP contribution in [-0.2, 0) is 14.3 Å². The third-order valence-corrected chi connectivity index (χ3v) is 15.2. The second-order valence-corrected chi connectivity index (χ2v) is 22.5. The first-order chi connectivity index (χ1) is 35.5. The fourth-order valence-electron chi connectivity index (χ4n) is 10.2. The van der Waals surface area contributed by atoms with E-state index in [4.69, 9.17) is 4.74 Å². The van der Waals surface area contributed by atoms with Gasteiger partial charge in [0.1, 0.15) is 0 Å². The van der Waals surface area contributed by atoms with Crippen molar-refractivity contribution in [1.29, 1.82) is 0 Å². The highest BCUT2D eigenvalue weighted by Gasteiger charge is 2.18. The summed E-state index contributed by atoms with van der Waals surface area (Å²) in [7, 11) is 0. The Bertz CT molecular complexity index is 1120. The lowest BCUT2D eigenvalue weighted by molar-refractivity contribution is -0.143. The molecule has 426 valence electrons. The van der Waals surface area contributed by atoms with E-state index < -0.39 is 12.1 Å². The molecule has 0 saturated heterocycles. The molecule has 0 spiro atoms. The Morgan fingerprint density at radius 3 is 1.00 bits per heavy atom. The molecule has 0 aromatic carbocycles. The zero-order chi connectivity index (χ0) is 52.2. The van der Waals surface area contributed by atoms with Crippen molar-refractivity contribution in [3.05, 3.63) is 24.3 Å². The van der Waals surface area contributed by atoms with E-state index in [1.54, 1.807) is 6.08 Å². The van der Waals surface area contributed by atoms with Crippen molar-refractivity contribution in [2.24, 2.45) is 0 Å². The van der Waals surface area contributed by atoms with Gasteiger partial charge in [-0.2, -0.15) is 0 Å². The maximum atomic E-state index is 12.5. The summed E-state index contributed by atoms with van der Waals surface area (Å²) in [5, 5.41) is 23.2. The number of amides is 1. The van der Waals surface area contributed by atoms with Crippen LogP contribution in [-0.4, -0.2) is 47.4 Å². The summed E-state index contributed by atoms with van der Waals surface area (Å²) in [5.41, 5.74) is 0. The summed E-state index contributed by atoms with van der Waals surface area (Å²) in [6.07, 6.45) is 76.5. The predicted octanol–water partition coefficient (Wildman–Crippen LogP) is 20.6. The summed E-state index contributed by atoms with van der Waals surface area (Å²) < 4.78 is 5.47. The van der Waals surface area contributed by atoms with Crippen LogP contribution in [0.25, 0.3) is 0 Å². The average Bonchev–Trinajstić information content (AvgIpc) is 3.38. The van der Waals surface area contributed by atoms with E-state index in [2.05, 4.69) is 31.3 Å². The third-order valence-electron chi connectivity index (χ3n) is 15.2. The number of nitrogens with one attached hydrogen (secondary N) is 1. The molecule has 0 saturated carbocycles. The lowest BCUT2D eigenvalue weighted by Gasteiger charge is -2.20. The molecule has 0 radical (unpaired) electrons. The second kappa shape index (κ2) is 61.9. The number of esters is 1.